The van der Waals surface area contributed by atoms with E-state index in [1.165, 1.54) is 6.26 Å². The van der Waals surface area contributed by atoms with Crippen molar-refractivity contribution in [1.82, 2.24) is 19.7 Å². The fourth-order valence-corrected chi connectivity index (χ4v) is 4.66. The number of oxazole rings is 1. The van der Waals surface area contributed by atoms with Gasteiger partial charge in [0.25, 0.3) is 5.91 Å². The van der Waals surface area contributed by atoms with Crippen LogP contribution in [0.25, 0.3) is 0 Å². The Morgan fingerprint density at radius 3 is 2.44 bits per heavy atom. The molecule has 0 unspecified atom stereocenters. The predicted octanol–water partition coefficient (Wildman–Crippen LogP) is 1.55. The number of rotatable bonds is 10. The Labute approximate surface area is 213 Å². The Hall–Kier alpha value is -2.66. The first kappa shape index (κ1) is 26.4. The van der Waals surface area contributed by atoms with Crippen LogP contribution >= 0.6 is 0 Å². The number of piperazine rings is 2. The Morgan fingerprint density at radius 1 is 1.06 bits per heavy atom. The summed E-state index contributed by atoms with van der Waals surface area (Å²) in [5.74, 6) is 1.31. The summed E-state index contributed by atoms with van der Waals surface area (Å²) in [6.07, 6.45) is 1.12. The van der Waals surface area contributed by atoms with E-state index in [0.717, 1.165) is 50.7 Å². The van der Waals surface area contributed by atoms with Crippen LogP contribution in [0.3, 0.4) is 0 Å². The molecule has 2 aliphatic rings. The molecule has 0 saturated carbocycles. The second-order valence-corrected chi connectivity index (χ2v) is 9.69. The summed E-state index contributed by atoms with van der Waals surface area (Å²) in [5, 5.41) is 10.2. The molecule has 1 atom stereocenters. The van der Waals surface area contributed by atoms with Gasteiger partial charge in [-0.25, -0.2) is 4.98 Å². The average Bonchev–Trinajstić information content (AvgIpc) is 3.36. The topological polar surface area (TPSA) is 94.8 Å². The van der Waals surface area contributed by atoms with Crippen molar-refractivity contribution in [1.29, 1.82) is 0 Å². The molecule has 0 radical (unpaired) electrons. The van der Waals surface area contributed by atoms with Crippen LogP contribution in [0.2, 0.25) is 0 Å². The van der Waals surface area contributed by atoms with E-state index in [9.17, 15) is 9.90 Å². The van der Waals surface area contributed by atoms with Crippen molar-refractivity contribution in [2.75, 3.05) is 77.5 Å². The first-order valence-electron chi connectivity index (χ1n) is 12.8. The molecule has 1 N–H and O–H groups in total. The van der Waals surface area contributed by atoms with Crippen LogP contribution in [0.4, 0.5) is 5.69 Å². The minimum absolute atomic E-state index is 0.0906. The number of methoxy groups -OCH3 is 1. The third kappa shape index (κ3) is 6.97. The van der Waals surface area contributed by atoms with Gasteiger partial charge in [-0.05, 0) is 26.0 Å². The summed E-state index contributed by atoms with van der Waals surface area (Å²) in [4.78, 5) is 26.1. The number of amides is 1. The van der Waals surface area contributed by atoms with Gasteiger partial charge in [0.1, 0.15) is 12.0 Å². The summed E-state index contributed by atoms with van der Waals surface area (Å²) in [5.41, 5.74) is 1.41. The van der Waals surface area contributed by atoms with Crippen LogP contribution in [-0.2, 0) is 11.3 Å². The van der Waals surface area contributed by atoms with Gasteiger partial charge in [0.05, 0.1) is 38.2 Å². The molecule has 0 spiro atoms. The first-order valence-corrected chi connectivity index (χ1v) is 12.8. The van der Waals surface area contributed by atoms with Crippen LogP contribution in [0.1, 0.15) is 30.2 Å². The second kappa shape index (κ2) is 12.5. The highest BCUT2D eigenvalue weighted by molar-refractivity contribution is 5.92. The molecule has 3 heterocycles. The average molecular weight is 502 g/mol. The lowest BCUT2D eigenvalue weighted by molar-refractivity contribution is -0.0151. The summed E-state index contributed by atoms with van der Waals surface area (Å²) in [6, 6.07) is 7.96. The number of aromatic nitrogens is 1. The van der Waals surface area contributed by atoms with Gasteiger partial charge in [0.15, 0.2) is 5.69 Å². The van der Waals surface area contributed by atoms with E-state index in [0.29, 0.717) is 44.4 Å². The Bertz CT molecular complexity index is 967. The number of hydrogen-bond donors (Lipinski definition) is 1. The van der Waals surface area contributed by atoms with Gasteiger partial charge < -0.3 is 28.8 Å². The number of nitrogens with zero attached hydrogens (tertiary/aromatic N) is 5. The van der Waals surface area contributed by atoms with Gasteiger partial charge in [-0.15, -0.1) is 0 Å². The van der Waals surface area contributed by atoms with Crippen molar-refractivity contribution in [3.05, 3.63) is 42.1 Å². The van der Waals surface area contributed by atoms with Gasteiger partial charge in [-0.3, -0.25) is 14.6 Å². The van der Waals surface area contributed by atoms with Crippen LogP contribution in [-0.4, -0.2) is 116 Å². The number of anilines is 1. The van der Waals surface area contributed by atoms with Crippen LogP contribution in [0.5, 0.6) is 5.75 Å². The molecule has 2 fully saturated rings. The SMILES string of the molecule is COc1ccccc1N1CCN(C(=O)c2coc(CN3CCN(C[C@H](O)COC(C)C)CC3)n2)CC1. The monoisotopic (exact) mass is 501 g/mol. The smallest absolute Gasteiger partial charge is 0.275 e. The van der Waals surface area contributed by atoms with E-state index >= 15 is 0 Å². The lowest BCUT2D eigenvalue weighted by Gasteiger charge is -2.36. The van der Waals surface area contributed by atoms with Crippen molar-refractivity contribution < 1.29 is 23.8 Å². The van der Waals surface area contributed by atoms with E-state index in [4.69, 9.17) is 13.9 Å². The van der Waals surface area contributed by atoms with Crippen molar-refractivity contribution >= 4 is 11.6 Å². The molecule has 198 valence electrons. The van der Waals surface area contributed by atoms with Gasteiger partial charge in [0.2, 0.25) is 5.89 Å². The zero-order valence-electron chi connectivity index (χ0n) is 21.6. The van der Waals surface area contributed by atoms with E-state index in [1.807, 2.05) is 43.0 Å². The molecule has 0 aliphatic carbocycles. The maximum absolute atomic E-state index is 13.0. The molecule has 36 heavy (non-hydrogen) atoms. The molecule has 0 bridgehead atoms. The second-order valence-electron chi connectivity index (χ2n) is 9.69. The van der Waals surface area contributed by atoms with Crippen LogP contribution in [0.15, 0.2) is 34.9 Å². The number of hydrogen-bond acceptors (Lipinski definition) is 9. The first-order chi connectivity index (χ1) is 17.4. The van der Waals surface area contributed by atoms with Gasteiger partial charge >= 0.3 is 0 Å². The minimum Gasteiger partial charge on any atom is -0.495 e. The largest absolute Gasteiger partial charge is 0.495 e. The van der Waals surface area contributed by atoms with Gasteiger partial charge in [-0.2, -0.15) is 0 Å². The third-order valence-electron chi connectivity index (χ3n) is 6.68. The highest BCUT2D eigenvalue weighted by atomic mass is 16.5. The molecule has 2 aromatic rings. The summed E-state index contributed by atoms with van der Waals surface area (Å²) in [6.45, 7) is 11.6. The number of ether oxygens (including phenoxy) is 2. The Kier molecular flexibility index (Phi) is 9.19. The van der Waals surface area contributed by atoms with E-state index in [-0.39, 0.29) is 12.0 Å². The Balaban J connectivity index is 1.21. The highest BCUT2D eigenvalue weighted by Gasteiger charge is 2.26. The molecular weight excluding hydrogens is 462 g/mol. The summed E-state index contributed by atoms with van der Waals surface area (Å²) < 4.78 is 16.6. The molecule has 1 amide bonds. The third-order valence-corrected chi connectivity index (χ3v) is 6.68. The molecule has 1 aromatic carbocycles. The molecule has 10 heteroatoms. The number of β-amino-alcohol motifs (C(OH)–C–C–N with tert-alkyl or cyclic N) is 1. The van der Waals surface area contributed by atoms with E-state index in [1.54, 1.807) is 7.11 Å². The van der Waals surface area contributed by atoms with E-state index in [2.05, 4.69) is 19.7 Å². The number of para-hydroxylation sites is 2. The molecule has 2 saturated heterocycles. The Morgan fingerprint density at radius 2 is 1.75 bits per heavy atom. The van der Waals surface area contributed by atoms with Crippen molar-refractivity contribution in [2.45, 2.75) is 32.6 Å². The molecular formula is C26H39N5O5. The van der Waals surface area contributed by atoms with Crippen molar-refractivity contribution in [2.24, 2.45) is 0 Å². The number of carbonyl (C=O) groups is 1. The summed E-state index contributed by atoms with van der Waals surface area (Å²) >= 11 is 0. The number of aliphatic hydroxyl groups is 1. The zero-order valence-corrected chi connectivity index (χ0v) is 21.6. The van der Waals surface area contributed by atoms with Crippen molar-refractivity contribution in [3.8, 4) is 5.75 Å². The predicted molar refractivity (Wildman–Crippen MR) is 136 cm³/mol. The lowest BCUT2D eigenvalue weighted by atomic mass is 10.2. The quantitative estimate of drug-likeness (QED) is 0.520. The van der Waals surface area contributed by atoms with Crippen molar-refractivity contribution in [3.63, 3.8) is 0 Å². The van der Waals surface area contributed by atoms with E-state index < -0.39 is 6.10 Å². The van der Waals surface area contributed by atoms with Crippen LogP contribution < -0.4 is 9.64 Å². The number of aliphatic hydroxyl groups excluding tert-OH is 1. The standard InChI is InChI=1S/C26H39N5O5/c1-20(2)35-18-21(32)16-28-8-10-29(11-9-28)17-25-27-22(19-36-25)26(33)31-14-12-30(13-15-31)23-6-4-5-7-24(23)34-3/h4-7,19-21,32H,8-18H2,1-3H3/t21-/m0/s1. The van der Waals surface area contributed by atoms with Crippen LogP contribution in [0, 0.1) is 0 Å². The lowest BCUT2D eigenvalue weighted by Crippen LogP contribution is -2.49. The highest BCUT2D eigenvalue weighted by Crippen LogP contribution is 2.28. The van der Waals surface area contributed by atoms with Gasteiger partial charge in [0, 0.05) is 58.9 Å². The number of carbonyl (C=O) groups excluding carboxylic acids is 1. The minimum atomic E-state index is -0.476. The molecule has 10 nitrogen and oxygen atoms in total. The fraction of sp³-hybridized carbons (Fsp3) is 0.615. The maximum atomic E-state index is 13.0. The molecule has 1 aromatic heterocycles. The maximum Gasteiger partial charge on any atom is 0.275 e. The number of benzene rings is 1. The summed E-state index contributed by atoms with van der Waals surface area (Å²) in [7, 11) is 1.68. The molecule has 2 aliphatic heterocycles. The van der Waals surface area contributed by atoms with Gasteiger partial charge in [-0.1, -0.05) is 12.1 Å². The normalized spacial score (nSPS) is 18.6. The molecule has 4 rings (SSSR count). The zero-order chi connectivity index (χ0) is 25.5. The fourth-order valence-electron chi connectivity index (χ4n) is 4.66.